The molecule has 2 rings (SSSR count). The summed E-state index contributed by atoms with van der Waals surface area (Å²) in [5, 5.41) is 10.7. The van der Waals surface area contributed by atoms with E-state index in [2.05, 4.69) is 20.9 Å². The minimum Gasteiger partial charge on any atom is -0.450 e. The molecule has 0 aliphatic rings. The van der Waals surface area contributed by atoms with Gasteiger partial charge in [0.15, 0.2) is 4.67 Å². The summed E-state index contributed by atoms with van der Waals surface area (Å²) in [6, 6.07) is 1.30. The van der Waals surface area contributed by atoms with Gasteiger partial charge in [-0.2, -0.15) is 4.31 Å². The molecule has 0 aliphatic heterocycles. The SMILES string of the molecule is CN(Cc1cscn1)S(=O)(=O)c1cc(CO)oc1Br. The van der Waals surface area contributed by atoms with Crippen molar-refractivity contribution in [3.8, 4) is 0 Å². The van der Waals surface area contributed by atoms with Crippen molar-refractivity contribution in [2.75, 3.05) is 7.05 Å². The van der Waals surface area contributed by atoms with E-state index in [1.807, 2.05) is 0 Å². The van der Waals surface area contributed by atoms with Gasteiger partial charge in [0.25, 0.3) is 0 Å². The van der Waals surface area contributed by atoms with E-state index in [0.29, 0.717) is 5.69 Å². The largest absolute Gasteiger partial charge is 0.450 e. The molecule has 0 saturated heterocycles. The summed E-state index contributed by atoms with van der Waals surface area (Å²) in [6.07, 6.45) is 0. The molecule has 2 aromatic heterocycles. The summed E-state index contributed by atoms with van der Waals surface area (Å²) in [6.45, 7) is -0.179. The summed E-state index contributed by atoms with van der Waals surface area (Å²) < 4.78 is 31.0. The standard InChI is InChI=1S/C10H11BrN2O4S2/c1-13(3-7-5-18-6-12-7)19(15,16)9-2-8(4-14)17-10(9)11/h2,5-6,14H,3-4H2,1H3. The lowest BCUT2D eigenvalue weighted by molar-refractivity contribution is 0.245. The number of sulfonamides is 1. The van der Waals surface area contributed by atoms with Crippen LogP contribution in [0.2, 0.25) is 0 Å². The van der Waals surface area contributed by atoms with E-state index < -0.39 is 10.0 Å². The Bertz CT molecular complexity index is 651. The molecule has 2 aromatic rings. The van der Waals surface area contributed by atoms with Crippen LogP contribution in [0.15, 0.2) is 30.9 Å². The first-order valence-electron chi connectivity index (χ1n) is 5.17. The third-order valence-electron chi connectivity index (χ3n) is 2.42. The van der Waals surface area contributed by atoms with Crippen molar-refractivity contribution < 1.29 is 17.9 Å². The van der Waals surface area contributed by atoms with Crippen molar-refractivity contribution >= 4 is 37.3 Å². The van der Waals surface area contributed by atoms with Gasteiger partial charge in [0.2, 0.25) is 10.0 Å². The minimum atomic E-state index is -3.69. The molecule has 0 atom stereocenters. The molecule has 0 spiro atoms. The van der Waals surface area contributed by atoms with Crippen LogP contribution >= 0.6 is 27.3 Å². The van der Waals surface area contributed by atoms with Crippen LogP contribution < -0.4 is 0 Å². The lowest BCUT2D eigenvalue weighted by Crippen LogP contribution is -2.26. The highest BCUT2D eigenvalue weighted by molar-refractivity contribution is 9.10. The minimum absolute atomic E-state index is 0.00530. The Hall–Kier alpha value is -0.740. The molecular weight excluding hydrogens is 356 g/mol. The fourth-order valence-corrected chi connectivity index (χ4v) is 4.10. The summed E-state index contributed by atoms with van der Waals surface area (Å²) in [7, 11) is -2.22. The highest BCUT2D eigenvalue weighted by atomic mass is 79.9. The number of aliphatic hydroxyl groups is 1. The Balaban J connectivity index is 2.28. The van der Waals surface area contributed by atoms with Crippen LogP contribution in [0.5, 0.6) is 0 Å². The Morgan fingerprint density at radius 2 is 2.32 bits per heavy atom. The number of thiazole rings is 1. The first-order valence-corrected chi connectivity index (χ1v) is 8.35. The van der Waals surface area contributed by atoms with Gasteiger partial charge in [-0.25, -0.2) is 13.4 Å². The molecule has 19 heavy (non-hydrogen) atoms. The maximum atomic E-state index is 12.3. The van der Waals surface area contributed by atoms with Crippen molar-refractivity contribution in [3.05, 3.63) is 33.1 Å². The Morgan fingerprint density at radius 1 is 1.58 bits per heavy atom. The second kappa shape index (κ2) is 5.71. The zero-order chi connectivity index (χ0) is 14.0. The second-order valence-corrected chi connectivity index (χ2v) is 7.20. The quantitative estimate of drug-likeness (QED) is 0.872. The van der Waals surface area contributed by atoms with Crippen LogP contribution in [0.3, 0.4) is 0 Å². The first-order chi connectivity index (χ1) is 8.95. The molecule has 1 N–H and O–H groups in total. The van der Waals surface area contributed by atoms with Crippen LogP contribution in [-0.4, -0.2) is 29.9 Å². The Morgan fingerprint density at radius 3 is 2.84 bits per heavy atom. The van der Waals surface area contributed by atoms with Gasteiger partial charge in [-0.1, -0.05) is 0 Å². The molecular formula is C10H11BrN2O4S2. The number of rotatable bonds is 5. The predicted molar refractivity (Wildman–Crippen MR) is 73.1 cm³/mol. The van der Waals surface area contributed by atoms with E-state index in [9.17, 15) is 8.42 Å². The fourth-order valence-electron chi connectivity index (χ4n) is 1.45. The van der Waals surface area contributed by atoms with Gasteiger partial charge in [0, 0.05) is 18.5 Å². The Kier molecular flexibility index (Phi) is 4.41. The maximum absolute atomic E-state index is 12.3. The summed E-state index contributed by atoms with van der Waals surface area (Å²) >= 11 is 4.45. The number of aliphatic hydroxyl groups excluding tert-OH is 1. The molecule has 0 unspecified atom stereocenters. The number of aromatic nitrogens is 1. The van der Waals surface area contributed by atoms with E-state index in [4.69, 9.17) is 9.52 Å². The lowest BCUT2D eigenvalue weighted by Gasteiger charge is -2.14. The molecule has 9 heteroatoms. The van der Waals surface area contributed by atoms with Crippen LogP contribution in [-0.2, 0) is 23.2 Å². The van der Waals surface area contributed by atoms with E-state index in [1.165, 1.54) is 28.8 Å². The molecule has 0 amide bonds. The van der Waals surface area contributed by atoms with E-state index >= 15 is 0 Å². The highest BCUT2D eigenvalue weighted by Gasteiger charge is 2.27. The van der Waals surface area contributed by atoms with E-state index in [-0.39, 0.29) is 28.5 Å². The molecule has 0 aromatic carbocycles. The van der Waals surface area contributed by atoms with Gasteiger partial charge >= 0.3 is 0 Å². The average molecular weight is 367 g/mol. The predicted octanol–water partition coefficient (Wildman–Crippen LogP) is 1.81. The molecule has 0 radical (unpaired) electrons. The van der Waals surface area contributed by atoms with Gasteiger partial charge in [-0.05, 0) is 15.9 Å². The molecule has 0 saturated carbocycles. The van der Waals surface area contributed by atoms with E-state index in [1.54, 1.807) is 10.9 Å². The monoisotopic (exact) mass is 366 g/mol. The van der Waals surface area contributed by atoms with Crippen LogP contribution in [0.1, 0.15) is 11.5 Å². The van der Waals surface area contributed by atoms with Crippen LogP contribution in [0, 0.1) is 0 Å². The summed E-state index contributed by atoms with van der Waals surface area (Å²) in [5.41, 5.74) is 2.33. The third-order valence-corrected chi connectivity index (χ3v) is 5.71. The smallest absolute Gasteiger partial charge is 0.247 e. The molecule has 0 fully saturated rings. The normalized spacial score (nSPS) is 12.2. The number of nitrogens with zero attached hydrogens (tertiary/aromatic N) is 2. The first kappa shape index (κ1) is 14.7. The van der Waals surface area contributed by atoms with E-state index in [0.717, 1.165) is 0 Å². The number of hydrogen-bond donors (Lipinski definition) is 1. The van der Waals surface area contributed by atoms with Crippen molar-refractivity contribution in [1.29, 1.82) is 0 Å². The average Bonchev–Trinajstić information content (AvgIpc) is 2.98. The highest BCUT2D eigenvalue weighted by Crippen LogP contribution is 2.28. The summed E-state index contributed by atoms with van der Waals surface area (Å²) in [5.74, 6) is 0.188. The molecule has 2 heterocycles. The maximum Gasteiger partial charge on any atom is 0.247 e. The van der Waals surface area contributed by atoms with Gasteiger partial charge in [-0.15, -0.1) is 11.3 Å². The zero-order valence-electron chi connectivity index (χ0n) is 9.91. The molecule has 6 nitrogen and oxygen atoms in total. The third kappa shape index (κ3) is 3.06. The number of furan rings is 1. The van der Waals surface area contributed by atoms with Crippen LogP contribution in [0.25, 0.3) is 0 Å². The second-order valence-electron chi connectivity index (χ2n) is 3.75. The van der Waals surface area contributed by atoms with Gasteiger partial charge < -0.3 is 9.52 Å². The zero-order valence-corrected chi connectivity index (χ0v) is 13.1. The van der Waals surface area contributed by atoms with Crippen molar-refractivity contribution in [1.82, 2.24) is 9.29 Å². The number of halogens is 1. The van der Waals surface area contributed by atoms with Crippen LogP contribution in [0.4, 0.5) is 0 Å². The van der Waals surface area contributed by atoms with Crippen molar-refractivity contribution in [3.63, 3.8) is 0 Å². The van der Waals surface area contributed by atoms with Crippen molar-refractivity contribution in [2.45, 2.75) is 18.0 Å². The van der Waals surface area contributed by atoms with Gasteiger partial charge in [-0.3, -0.25) is 0 Å². The molecule has 0 aliphatic carbocycles. The lowest BCUT2D eigenvalue weighted by atomic mass is 10.5. The fraction of sp³-hybridized carbons (Fsp3) is 0.300. The van der Waals surface area contributed by atoms with Gasteiger partial charge in [0.05, 0.1) is 17.7 Å². The Labute approximate surface area is 122 Å². The van der Waals surface area contributed by atoms with Gasteiger partial charge in [0.1, 0.15) is 17.3 Å². The molecule has 104 valence electrons. The number of hydrogen-bond acceptors (Lipinski definition) is 6. The summed E-state index contributed by atoms with van der Waals surface area (Å²) in [4.78, 5) is 4.04. The van der Waals surface area contributed by atoms with Crippen molar-refractivity contribution in [2.24, 2.45) is 0 Å². The molecule has 0 bridgehead atoms. The topological polar surface area (TPSA) is 83.6 Å².